The van der Waals surface area contributed by atoms with Crippen LogP contribution in [0, 0.1) is 5.92 Å². The van der Waals surface area contributed by atoms with Gasteiger partial charge in [0.1, 0.15) is 23.2 Å². The Hall–Kier alpha value is -3.81. The third-order valence-electron chi connectivity index (χ3n) is 7.29. The number of fused-ring (bicyclic) bond motifs is 3. The van der Waals surface area contributed by atoms with Crippen molar-refractivity contribution in [1.82, 2.24) is 14.9 Å². The Morgan fingerprint density at radius 3 is 2.54 bits per heavy atom. The quantitative estimate of drug-likeness (QED) is 0.446. The summed E-state index contributed by atoms with van der Waals surface area (Å²) in [7, 11) is 1.69. The van der Waals surface area contributed by atoms with Gasteiger partial charge in [0.15, 0.2) is 11.4 Å². The van der Waals surface area contributed by atoms with E-state index in [4.69, 9.17) is 9.15 Å². The maximum absolute atomic E-state index is 13.3. The van der Waals surface area contributed by atoms with Crippen LogP contribution in [0.5, 0.6) is 5.75 Å². The highest BCUT2D eigenvalue weighted by molar-refractivity contribution is 6.05. The Bertz CT molecular complexity index is 1350. The second-order valence-electron chi connectivity index (χ2n) is 9.25. The highest BCUT2D eigenvalue weighted by atomic mass is 16.5. The van der Waals surface area contributed by atoms with E-state index in [1.54, 1.807) is 13.4 Å². The van der Waals surface area contributed by atoms with E-state index in [1.165, 1.54) is 0 Å². The van der Waals surface area contributed by atoms with E-state index in [0.29, 0.717) is 0 Å². The maximum atomic E-state index is 13.3. The number of piperazine rings is 1. The number of anilines is 2. The molecule has 6 rings (SSSR count). The van der Waals surface area contributed by atoms with Crippen LogP contribution in [0.4, 0.5) is 11.5 Å². The normalized spacial score (nSPS) is 17.3. The van der Waals surface area contributed by atoms with E-state index >= 15 is 0 Å². The first-order valence-corrected chi connectivity index (χ1v) is 12.3. The molecule has 0 N–H and O–H groups in total. The summed E-state index contributed by atoms with van der Waals surface area (Å²) >= 11 is 0. The Kier molecular flexibility index (Phi) is 5.64. The van der Waals surface area contributed by atoms with E-state index in [1.807, 2.05) is 41.3 Å². The number of piperidine rings is 1. The third kappa shape index (κ3) is 4.03. The number of para-hydroxylation sites is 1. The predicted octanol–water partition coefficient (Wildman–Crippen LogP) is 3.95. The van der Waals surface area contributed by atoms with Crippen molar-refractivity contribution in [3.8, 4) is 5.75 Å². The van der Waals surface area contributed by atoms with Crippen molar-refractivity contribution < 1.29 is 13.9 Å². The molecule has 2 aliphatic heterocycles. The van der Waals surface area contributed by atoms with Crippen LogP contribution in [0.15, 0.2) is 59.3 Å². The highest BCUT2D eigenvalue weighted by Gasteiger charge is 2.32. The van der Waals surface area contributed by atoms with E-state index < -0.39 is 0 Å². The molecule has 180 valence electrons. The summed E-state index contributed by atoms with van der Waals surface area (Å²) in [5, 5.41) is 1.00. The van der Waals surface area contributed by atoms with Crippen molar-refractivity contribution in [2.24, 2.45) is 5.92 Å². The van der Waals surface area contributed by atoms with Crippen LogP contribution in [0.2, 0.25) is 0 Å². The van der Waals surface area contributed by atoms with E-state index in [0.717, 1.165) is 91.4 Å². The van der Waals surface area contributed by atoms with Gasteiger partial charge in [0, 0.05) is 62.3 Å². The number of amides is 1. The zero-order valence-electron chi connectivity index (χ0n) is 19.9. The first-order chi connectivity index (χ1) is 17.2. The molecule has 35 heavy (non-hydrogen) atoms. The lowest BCUT2D eigenvalue weighted by molar-refractivity contribution is -0.136. The maximum Gasteiger partial charge on any atom is 0.225 e. The summed E-state index contributed by atoms with van der Waals surface area (Å²) in [6.45, 7) is 4.74. The van der Waals surface area contributed by atoms with Crippen molar-refractivity contribution >= 4 is 39.5 Å². The fourth-order valence-electron chi connectivity index (χ4n) is 5.33. The monoisotopic (exact) mass is 471 g/mol. The molecule has 0 spiro atoms. The summed E-state index contributed by atoms with van der Waals surface area (Å²) in [5.41, 5.74) is 3.54. The minimum Gasteiger partial charge on any atom is -0.497 e. The van der Waals surface area contributed by atoms with Gasteiger partial charge >= 0.3 is 0 Å². The van der Waals surface area contributed by atoms with Gasteiger partial charge in [-0.3, -0.25) is 4.79 Å². The molecule has 0 unspecified atom stereocenters. The molecule has 2 fully saturated rings. The second-order valence-corrected chi connectivity index (χ2v) is 9.25. The number of aromatic nitrogens is 2. The number of methoxy groups -OCH3 is 1. The fourth-order valence-corrected chi connectivity index (χ4v) is 5.33. The average molecular weight is 472 g/mol. The molecule has 4 heterocycles. The standard InChI is InChI=1S/C27H29N5O3/c1-34-21-6-4-5-20(17-21)30-13-15-32(16-14-30)27(33)19-9-11-31(12-10-19)26-25-24(28-18-29-26)22-7-2-3-8-23(22)35-25/h2-8,17-19H,9-16H2,1H3. The highest BCUT2D eigenvalue weighted by Crippen LogP contribution is 2.34. The van der Waals surface area contributed by atoms with Crippen LogP contribution >= 0.6 is 0 Å². The Morgan fingerprint density at radius 1 is 0.943 bits per heavy atom. The average Bonchev–Trinajstić information content (AvgIpc) is 3.32. The number of furan rings is 1. The zero-order chi connectivity index (χ0) is 23.8. The molecule has 0 atom stereocenters. The van der Waals surface area contributed by atoms with Crippen LogP contribution in [0.25, 0.3) is 22.1 Å². The largest absolute Gasteiger partial charge is 0.497 e. The van der Waals surface area contributed by atoms with Crippen molar-refractivity contribution in [3.63, 3.8) is 0 Å². The van der Waals surface area contributed by atoms with Crippen LogP contribution in [0.1, 0.15) is 12.8 Å². The number of benzene rings is 2. The van der Waals surface area contributed by atoms with E-state index in [2.05, 4.69) is 31.9 Å². The number of carbonyl (C=O) groups is 1. The molecule has 1 amide bonds. The topological polar surface area (TPSA) is 74.9 Å². The minimum absolute atomic E-state index is 0.0580. The molecule has 0 radical (unpaired) electrons. The van der Waals surface area contributed by atoms with Crippen molar-refractivity contribution in [2.75, 3.05) is 56.2 Å². The van der Waals surface area contributed by atoms with Gasteiger partial charge < -0.3 is 23.9 Å². The summed E-state index contributed by atoms with van der Waals surface area (Å²) in [4.78, 5) is 28.9. The zero-order valence-corrected chi connectivity index (χ0v) is 19.9. The molecule has 2 aromatic carbocycles. The SMILES string of the molecule is COc1cccc(N2CCN(C(=O)C3CCN(c4ncnc5c4oc4ccccc45)CC3)CC2)c1. The van der Waals surface area contributed by atoms with Crippen molar-refractivity contribution in [1.29, 1.82) is 0 Å². The number of rotatable bonds is 4. The predicted molar refractivity (Wildman–Crippen MR) is 136 cm³/mol. The number of nitrogens with zero attached hydrogens (tertiary/aromatic N) is 5. The van der Waals surface area contributed by atoms with Crippen LogP contribution < -0.4 is 14.5 Å². The van der Waals surface area contributed by atoms with Crippen LogP contribution in [-0.2, 0) is 4.79 Å². The molecule has 2 aromatic heterocycles. The fraction of sp³-hybridized carbons (Fsp3) is 0.370. The van der Waals surface area contributed by atoms with Gasteiger partial charge in [0.2, 0.25) is 5.91 Å². The van der Waals surface area contributed by atoms with Gasteiger partial charge in [0.05, 0.1) is 7.11 Å². The second kappa shape index (κ2) is 9.09. The Labute approximate surface area is 204 Å². The molecule has 2 aliphatic rings. The summed E-state index contributed by atoms with van der Waals surface area (Å²) in [5.74, 6) is 2.02. The van der Waals surface area contributed by atoms with Gasteiger partial charge in [-0.05, 0) is 37.1 Å². The smallest absolute Gasteiger partial charge is 0.225 e. The number of carbonyl (C=O) groups excluding carboxylic acids is 1. The molecule has 0 bridgehead atoms. The van der Waals surface area contributed by atoms with Crippen LogP contribution in [-0.4, -0.2) is 67.2 Å². The minimum atomic E-state index is 0.0580. The molecule has 8 heteroatoms. The van der Waals surface area contributed by atoms with Crippen molar-refractivity contribution in [2.45, 2.75) is 12.8 Å². The Balaban J connectivity index is 1.09. The molecule has 0 saturated carbocycles. The third-order valence-corrected chi connectivity index (χ3v) is 7.29. The van der Waals surface area contributed by atoms with Gasteiger partial charge in [-0.25, -0.2) is 9.97 Å². The van der Waals surface area contributed by atoms with Gasteiger partial charge in [-0.2, -0.15) is 0 Å². The van der Waals surface area contributed by atoms with E-state index in [9.17, 15) is 4.79 Å². The molecule has 2 saturated heterocycles. The number of hydrogen-bond acceptors (Lipinski definition) is 7. The molecular weight excluding hydrogens is 442 g/mol. The first-order valence-electron chi connectivity index (χ1n) is 12.3. The van der Waals surface area contributed by atoms with E-state index in [-0.39, 0.29) is 11.8 Å². The van der Waals surface area contributed by atoms with Gasteiger partial charge in [-0.1, -0.05) is 18.2 Å². The first kappa shape index (κ1) is 21.7. The van der Waals surface area contributed by atoms with Gasteiger partial charge in [-0.15, -0.1) is 0 Å². The lowest BCUT2D eigenvalue weighted by Crippen LogP contribution is -2.51. The molecule has 8 nitrogen and oxygen atoms in total. The van der Waals surface area contributed by atoms with Crippen molar-refractivity contribution in [3.05, 3.63) is 54.9 Å². The Morgan fingerprint density at radius 2 is 1.74 bits per heavy atom. The molecule has 4 aromatic rings. The van der Waals surface area contributed by atoms with Gasteiger partial charge in [0.25, 0.3) is 0 Å². The lowest BCUT2D eigenvalue weighted by atomic mass is 9.95. The number of ether oxygens (including phenoxy) is 1. The molecular formula is C27H29N5O3. The lowest BCUT2D eigenvalue weighted by Gasteiger charge is -2.39. The summed E-state index contributed by atoms with van der Waals surface area (Å²) < 4.78 is 11.5. The number of hydrogen-bond donors (Lipinski definition) is 0. The summed E-state index contributed by atoms with van der Waals surface area (Å²) in [6.07, 6.45) is 3.25. The van der Waals surface area contributed by atoms with Crippen LogP contribution in [0.3, 0.4) is 0 Å². The molecule has 0 aliphatic carbocycles. The summed E-state index contributed by atoms with van der Waals surface area (Å²) in [6, 6.07) is 16.1.